The van der Waals surface area contributed by atoms with E-state index in [0.29, 0.717) is 24.2 Å². The summed E-state index contributed by atoms with van der Waals surface area (Å²) in [6.07, 6.45) is -0.335. The molecule has 12 heteroatoms. The van der Waals surface area contributed by atoms with E-state index >= 15 is 0 Å². The van der Waals surface area contributed by atoms with Crippen molar-refractivity contribution in [3.05, 3.63) is 42.4 Å². The standard InChI is InChI=1S/C22H23F3N6O3/c1-21(2,3)34-20(33)31-7-6-15(31)19(32)29-16-11-30-10-12(4-5-17(30)28-16)13-8-14(22(23,24)25)18(26)27-9-13/h4-5,8-11,15H,6-7H2,1-3H3,(H2,26,27)(H,29,32)/t15-/m0/s1. The van der Waals surface area contributed by atoms with Gasteiger partial charge in [-0.3, -0.25) is 9.69 Å². The van der Waals surface area contributed by atoms with Crippen LogP contribution in [0.3, 0.4) is 0 Å². The maximum atomic E-state index is 13.2. The number of aromatic nitrogens is 3. The number of rotatable bonds is 3. The van der Waals surface area contributed by atoms with Gasteiger partial charge >= 0.3 is 12.3 Å². The summed E-state index contributed by atoms with van der Waals surface area (Å²) < 4.78 is 46.4. The fourth-order valence-electron chi connectivity index (χ4n) is 3.49. The zero-order valence-corrected chi connectivity index (χ0v) is 18.7. The van der Waals surface area contributed by atoms with Crippen LogP contribution in [0.25, 0.3) is 16.8 Å². The van der Waals surface area contributed by atoms with Crippen LogP contribution in [0.4, 0.5) is 29.6 Å². The molecule has 4 heterocycles. The first-order chi connectivity index (χ1) is 15.8. The van der Waals surface area contributed by atoms with Gasteiger partial charge < -0.3 is 20.2 Å². The van der Waals surface area contributed by atoms with E-state index in [9.17, 15) is 22.8 Å². The highest BCUT2D eigenvalue weighted by Crippen LogP contribution is 2.35. The van der Waals surface area contributed by atoms with Gasteiger partial charge in [-0.15, -0.1) is 0 Å². The number of pyridine rings is 2. The van der Waals surface area contributed by atoms with E-state index in [2.05, 4.69) is 15.3 Å². The van der Waals surface area contributed by atoms with Crippen molar-refractivity contribution < 1.29 is 27.5 Å². The van der Waals surface area contributed by atoms with Gasteiger partial charge in [0.05, 0.1) is 11.8 Å². The van der Waals surface area contributed by atoms with E-state index in [1.165, 1.54) is 17.3 Å². The quantitative estimate of drug-likeness (QED) is 0.592. The summed E-state index contributed by atoms with van der Waals surface area (Å²) in [4.78, 5) is 34.2. The molecule has 2 amide bonds. The summed E-state index contributed by atoms with van der Waals surface area (Å²) in [6, 6.07) is 3.46. The Hall–Kier alpha value is -3.83. The molecule has 0 saturated carbocycles. The molecule has 1 aliphatic rings. The van der Waals surface area contributed by atoms with Crippen molar-refractivity contribution in [2.75, 3.05) is 17.6 Å². The minimum Gasteiger partial charge on any atom is -0.444 e. The Balaban J connectivity index is 1.51. The average Bonchev–Trinajstić information content (AvgIpc) is 3.06. The second-order valence-corrected chi connectivity index (χ2v) is 8.93. The summed E-state index contributed by atoms with van der Waals surface area (Å²) in [5.41, 5.74) is 4.84. The number of likely N-dealkylation sites (tertiary alicyclic amines) is 1. The molecule has 0 aliphatic carbocycles. The molecule has 0 spiro atoms. The van der Waals surface area contributed by atoms with Crippen LogP contribution in [0.15, 0.2) is 36.8 Å². The molecule has 1 saturated heterocycles. The number of anilines is 2. The van der Waals surface area contributed by atoms with Crippen molar-refractivity contribution in [3.8, 4) is 11.1 Å². The highest BCUT2D eigenvalue weighted by atomic mass is 19.4. The lowest BCUT2D eigenvalue weighted by Crippen LogP contribution is -2.57. The van der Waals surface area contributed by atoms with E-state index in [1.807, 2.05) is 0 Å². The molecule has 4 rings (SSSR count). The van der Waals surface area contributed by atoms with Gasteiger partial charge in [-0.05, 0) is 45.4 Å². The Labute approximate surface area is 192 Å². The fourth-order valence-corrected chi connectivity index (χ4v) is 3.49. The van der Waals surface area contributed by atoms with E-state index < -0.39 is 41.2 Å². The minimum absolute atomic E-state index is 0.227. The smallest absolute Gasteiger partial charge is 0.419 e. The Bertz CT molecular complexity index is 1260. The number of imidazole rings is 1. The van der Waals surface area contributed by atoms with Crippen LogP contribution in [0.2, 0.25) is 0 Å². The molecule has 0 unspecified atom stereocenters. The maximum Gasteiger partial charge on any atom is 0.419 e. The predicted molar refractivity (Wildman–Crippen MR) is 118 cm³/mol. The van der Waals surface area contributed by atoms with Crippen molar-refractivity contribution in [1.82, 2.24) is 19.3 Å². The number of carbonyl (C=O) groups is 2. The van der Waals surface area contributed by atoms with Gasteiger partial charge in [0.15, 0.2) is 5.82 Å². The number of nitrogen functional groups attached to an aromatic ring is 1. The van der Waals surface area contributed by atoms with Gasteiger partial charge in [-0.25, -0.2) is 14.8 Å². The molecule has 180 valence electrons. The Morgan fingerprint density at radius 1 is 1.18 bits per heavy atom. The second-order valence-electron chi connectivity index (χ2n) is 8.93. The zero-order chi connectivity index (χ0) is 24.8. The van der Waals surface area contributed by atoms with Crippen LogP contribution in [0, 0.1) is 0 Å². The SMILES string of the molecule is CC(C)(C)OC(=O)N1CC[C@H]1C(=O)Nc1cn2cc(-c3cnc(N)c(C(F)(F)F)c3)ccc2n1. The van der Waals surface area contributed by atoms with Gasteiger partial charge in [0.2, 0.25) is 5.91 Å². The second kappa shape index (κ2) is 8.19. The molecule has 3 N–H and O–H groups in total. The first-order valence-electron chi connectivity index (χ1n) is 10.4. The van der Waals surface area contributed by atoms with Crippen molar-refractivity contribution in [2.45, 2.75) is 45.0 Å². The van der Waals surface area contributed by atoms with Crippen LogP contribution >= 0.6 is 0 Å². The van der Waals surface area contributed by atoms with Gasteiger partial charge in [0, 0.05) is 30.1 Å². The number of ether oxygens (including phenoxy) is 1. The third-order valence-corrected chi connectivity index (χ3v) is 5.21. The number of hydrogen-bond acceptors (Lipinski definition) is 6. The molecule has 1 fully saturated rings. The number of nitrogens with two attached hydrogens (primary N) is 1. The van der Waals surface area contributed by atoms with Gasteiger partial charge in [0.25, 0.3) is 0 Å². The minimum atomic E-state index is -4.63. The summed E-state index contributed by atoms with van der Waals surface area (Å²) in [7, 11) is 0. The van der Waals surface area contributed by atoms with E-state index in [0.717, 1.165) is 6.07 Å². The highest BCUT2D eigenvalue weighted by molar-refractivity contribution is 5.97. The molecule has 0 radical (unpaired) electrons. The molecule has 9 nitrogen and oxygen atoms in total. The van der Waals surface area contributed by atoms with Crippen LogP contribution < -0.4 is 11.1 Å². The zero-order valence-electron chi connectivity index (χ0n) is 18.7. The first-order valence-corrected chi connectivity index (χ1v) is 10.4. The molecular weight excluding hydrogens is 453 g/mol. The molecular formula is C22H23F3N6O3. The predicted octanol–water partition coefficient (Wildman–Crippen LogP) is 3.95. The van der Waals surface area contributed by atoms with Crippen LogP contribution in [0.5, 0.6) is 0 Å². The Kier molecular flexibility index (Phi) is 5.62. The number of carbonyl (C=O) groups excluding carboxylic acids is 2. The third-order valence-electron chi connectivity index (χ3n) is 5.21. The molecule has 3 aromatic rings. The average molecular weight is 476 g/mol. The highest BCUT2D eigenvalue weighted by Gasteiger charge is 2.40. The molecule has 0 bridgehead atoms. The Morgan fingerprint density at radius 2 is 1.91 bits per heavy atom. The number of halogens is 3. The van der Waals surface area contributed by atoms with Crippen LogP contribution in [0.1, 0.15) is 32.8 Å². The summed E-state index contributed by atoms with van der Waals surface area (Å²) >= 11 is 0. The van der Waals surface area contributed by atoms with Crippen molar-refractivity contribution in [1.29, 1.82) is 0 Å². The van der Waals surface area contributed by atoms with E-state index in [-0.39, 0.29) is 11.4 Å². The van der Waals surface area contributed by atoms with Crippen molar-refractivity contribution >= 4 is 29.3 Å². The van der Waals surface area contributed by atoms with Crippen LogP contribution in [-0.2, 0) is 15.7 Å². The summed E-state index contributed by atoms with van der Waals surface area (Å²) in [5.74, 6) is -0.760. The number of nitrogens with zero attached hydrogens (tertiary/aromatic N) is 4. The first kappa shape index (κ1) is 23.3. The summed E-state index contributed by atoms with van der Waals surface area (Å²) in [5, 5.41) is 2.68. The van der Waals surface area contributed by atoms with E-state index in [1.54, 1.807) is 43.5 Å². The maximum absolute atomic E-state index is 13.2. The van der Waals surface area contributed by atoms with Gasteiger partial charge in [-0.2, -0.15) is 13.2 Å². The van der Waals surface area contributed by atoms with Gasteiger partial charge in [0.1, 0.15) is 23.1 Å². The topological polar surface area (TPSA) is 115 Å². The number of alkyl halides is 3. The molecule has 1 aliphatic heterocycles. The molecule has 1 atom stereocenters. The summed E-state index contributed by atoms with van der Waals surface area (Å²) in [6.45, 7) is 5.65. The fraction of sp³-hybridized carbons (Fsp3) is 0.364. The lowest BCUT2D eigenvalue weighted by atomic mass is 10.0. The normalized spacial score (nSPS) is 16.3. The molecule has 0 aromatic carbocycles. The van der Waals surface area contributed by atoms with E-state index in [4.69, 9.17) is 10.5 Å². The lowest BCUT2D eigenvalue weighted by Gasteiger charge is -2.39. The van der Waals surface area contributed by atoms with Crippen molar-refractivity contribution in [2.24, 2.45) is 0 Å². The monoisotopic (exact) mass is 476 g/mol. The number of fused-ring (bicyclic) bond motifs is 1. The molecule has 3 aromatic heterocycles. The Morgan fingerprint density at radius 3 is 2.53 bits per heavy atom. The number of amides is 2. The number of hydrogen-bond donors (Lipinski definition) is 2. The van der Waals surface area contributed by atoms with Gasteiger partial charge in [-0.1, -0.05) is 0 Å². The lowest BCUT2D eigenvalue weighted by molar-refractivity contribution is -0.137. The van der Waals surface area contributed by atoms with Crippen molar-refractivity contribution in [3.63, 3.8) is 0 Å². The van der Waals surface area contributed by atoms with Crippen LogP contribution in [-0.4, -0.2) is 49.5 Å². The largest absolute Gasteiger partial charge is 0.444 e. The third kappa shape index (κ3) is 4.75. The number of nitrogens with one attached hydrogen (secondary N) is 1. The molecule has 34 heavy (non-hydrogen) atoms.